The highest BCUT2D eigenvalue weighted by Gasteiger charge is 2.15. The molecule has 0 fully saturated rings. The molecule has 0 aromatic carbocycles. The third kappa shape index (κ3) is 2.52. The fraction of sp³-hybridized carbons (Fsp3) is 0.143. The zero-order valence-corrected chi connectivity index (χ0v) is 12.3. The average molecular weight is 303 g/mol. The zero-order valence-electron chi connectivity index (χ0n) is 10.6. The summed E-state index contributed by atoms with van der Waals surface area (Å²) in [5.74, 6) is -0.111. The van der Waals surface area contributed by atoms with Gasteiger partial charge in [0.15, 0.2) is 0 Å². The first kappa shape index (κ1) is 13.1. The van der Waals surface area contributed by atoms with E-state index in [9.17, 15) is 4.79 Å². The van der Waals surface area contributed by atoms with E-state index in [1.807, 2.05) is 17.5 Å². The fourth-order valence-electron chi connectivity index (χ4n) is 1.97. The van der Waals surface area contributed by atoms with Crippen LogP contribution in [0.2, 0.25) is 0 Å². The Balaban J connectivity index is 1.71. The van der Waals surface area contributed by atoms with Gasteiger partial charge in [0.05, 0.1) is 10.4 Å². The molecule has 0 aliphatic carbocycles. The number of carbonyl (C=O) groups is 1. The first-order valence-corrected chi connectivity index (χ1v) is 7.88. The quantitative estimate of drug-likeness (QED) is 0.778. The highest BCUT2D eigenvalue weighted by Crippen LogP contribution is 2.32. The Bertz CT molecular complexity index is 734. The van der Waals surface area contributed by atoms with E-state index in [0.717, 1.165) is 16.5 Å². The second-order valence-electron chi connectivity index (χ2n) is 4.30. The fourth-order valence-corrected chi connectivity index (χ4v) is 3.69. The zero-order chi connectivity index (χ0) is 13.9. The lowest BCUT2D eigenvalue weighted by atomic mass is 10.2. The van der Waals surface area contributed by atoms with Gasteiger partial charge in [0.25, 0.3) is 5.91 Å². The number of nitrogens with zero attached hydrogens (tertiary/aromatic N) is 1. The molecule has 0 unspecified atom stereocenters. The first-order chi connectivity index (χ1) is 9.75. The second kappa shape index (κ2) is 5.60. The summed E-state index contributed by atoms with van der Waals surface area (Å²) in [4.78, 5) is 18.0. The van der Waals surface area contributed by atoms with Crippen molar-refractivity contribution < 1.29 is 4.79 Å². The summed E-state index contributed by atoms with van der Waals surface area (Å²) < 4.78 is 0.938. The van der Waals surface area contributed by atoms with Crippen molar-refractivity contribution in [1.29, 1.82) is 0 Å². The average Bonchev–Trinajstić information content (AvgIpc) is 3.08. The van der Waals surface area contributed by atoms with Gasteiger partial charge >= 0.3 is 0 Å². The predicted molar refractivity (Wildman–Crippen MR) is 84.4 cm³/mol. The summed E-state index contributed by atoms with van der Waals surface area (Å²) in [6.07, 6.45) is 4.26. The van der Waals surface area contributed by atoms with Crippen LogP contribution in [-0.4, -0.2) is 17.4 Å². The number of nitrogens with one attached hydrogen (secondary N) is 1. The second-order valence-corrected chi connectivity index (χ2v) is 6.39. The van der Waals surface area contributed by atoms with Crippen LogP contribution in [0.3, 0.4) is 0 Å². The van der Waals surface area contributed by atoms with Gasteiger partial charge in [-0.3, -0.25) is 9.78 Å². The lowest BCUT2D eigenvalue weighted by molar-refractivity contribution is 0.0959. The van der Waals surface area contributed by atoms with Crippen molar-refractivity contribution in [3.8, 4) is 0 Å². The van der Waals surface area contributed by atoms with E-state index < -0.39 is 0 Å². The molecule has 3 aromatic heterocycles. The molecule has 0 radical (unpaired) electrons. The molecule has 0 bridgehead atoms. The molecule has 3 aromatic rings. The Morgan fingerprint density at radius 2 is 2.30 bits per heavy atom. The number of nitrogens with two attached hydrogens (primary N) is 1. The van der Waals surface area contributed by atoms with Crippen molar-refractivity contribution in [2.75, 3.05) is 12.3 Å². The summed E-state index contributed by atoms with van der Waals surface area (Å²) in [6.45, 7) is 0.616. The van der Waals surface area contributed by atoms with Crippen molar-refractivity contribution in [2.24, 2.45) is 0 Å². The number of anilines is 1. The first-order valence-electron chi connectivity index (χ1n) is 6.18. The molecule has 102 valence electrons. The maximum absolute atomic E-state index is 12.2. The maximum Gasteiger partial charge on any atom is 0.263 e. The lowest BCUT2D eigenvalue weighted by Crippen LogP contribution is -2.25. The molecule has 0 atom stereocenters. The van der Waals surface area contributed by atoms with Crippen LogP contribution < -0.4 is 11.1 Å². The number of hydrogen-bond donors (Lipinski definition) is 2. The molecule has 3 N–H and O–H groups in total. The molecular formula is C14H13N3OS2. The Labute approximate surface area is 124 Å². The maximum atomic E-state index is 12.2. The number of pyridine rings is 1. The summed E-state index contributed by atoms with van der Waals surface area (Å²) in [5.41, 5.74) is 6.57. The topological polar surface area (TPSA) is 68.0 Å². The monoisotopic (exact) mass is 303 g/mol. The summed E-state index contributed by atoms with van der Waals surface area (Å²) >= 11 is 3.08. The molecule has 0 spiro atoms. The molecule has 3 rings (SSSR count). The Morgan fingerprint density at radius 3 is 3.05 bits per heavy atom. The van der Waals surface area contributed by atoms with E-state index in [4.69, 9.17) is 5.73 Å². The van der Waals surface area contributed by atoms with Gasteiger partial charge < -0.3 is 11.1 Å². The molecular weight excluding hydrogens is 290 g/mol. The smallest absolute Gasteiger partial charge is 0.263 e. The van der Waals surface area contributed by atoms with Crippen molar-refractivity contribution in [2.45, 2.75) is 6.42 Å². The largest absolute Gasteiger partial charge is 0.397 e. The third-order valence-electron chi connectivity index (χ3n) is 2.97. The summed E-state index contributed by atoms with van der Waals surface area (Å²) in [5, 5.41) is 5.85. The standard InChI is InChI=1S/C14H13N3OS2/c15-12-10-4-5-16-8-11(10)20-13(12)14(18)17-6-3-9-2-1-7-19-9/h1-2,4-5,7-8H,3,6,15H2,(H,17,18). The SMILES string of the molecule is Nc1c(C(=O)NCCc2cccs2)sc2cnccc12. The minimum Gasteiger partial charge on any atom is -0.397 e. The predicted octanol–water partition coefficient (Wildman–Crippen LogP) is 2.91. The van der Waals surface area contributed by atoms with Gasteiger partial charge in [-0.1, -0.05) is 6.07 Å². The summed E-state index contributed by atoms with van der Waals surface area (Å²) in [7, 11) is 0. The number of nitrogen functional groups attached to an aromatic ring is 1. The molecule has 6 heteroatoms. The minimum atomic E-state index is -0.111. The van der Waals surface area contributed by atoms with Crippen LogP contribution in [0.1, 0.15) is 14.5 Å². The molecule has 20 heavy (non-hydrogen) atoms. The van der Waals surface area contributed by atoms with Gasteiger partial charge in [-0.2, -0.15) is 0 Å². The van der Waals surface area contributed by atoms with Gasteiger partial charge in [-0.05, 0) is 23.9 Å². The molecule has 4 nitrogen and oxygen atoms in total. The van der Waals surface area contributed by atoms with Crippen LogP contribution in [-0.2, 0) is 6.42 Å². The number of fused-ring (bicyclic) bond motifs is 1. The van der Waals surface area contributed by atoms with E-state index in [2.05, 4.69) is 16.4 Å². The van der Waals surface area contributed by atoms with Crippen molar-refractivity contribution >= 4 is 44.4 Å². The van der Waals surface area contributed by atoms with Gasteiger partial charge in [-0.15, -0.1) is 22.7 Å². The van der Waals surface area contributed by atoms with E-state index in [1.54, 1.807) is 23.7 Å². The number of carbonyl (C=O) groups excluding carboxylic acids is 1. The molecule has 1 amide bonds. The van der Waals surface area contributed by atoms with Crippen LogP contribution >= 0.6 is 22.7 Å². The van der Waals surface area contributed by atoms with Crippen LogP contribution in [0.5, 0.6) is 0 Å². The van der Waals surface area contributed by atoms with E-state index in [-0.39, 0.29) is 5.91 Å². The molecule has 0 saturated carbocycles. The normalized spacial score (nSPS) is 10.8. The number of hydrogen-bond acceptors (Lipinski definition) is 5. The minimum absolute atomic E-state index is 0.111. The highest BCUT2D eigenvalue weighted by atomic mass is 32.1. The number of thiophene rings is 2. The number of amides is 1. The number of rotatable bonds is 4. The molecule has 0 saturated heterocycles. The Kier molecular flexibility index (Phi) is 3.66. The summed E-state index contributed by atoms with van der Waals surface area (Å²) in [6, 6.07) is 5.92. The van der Waals surface area contributed by atoms with E-state index in [0.29, 0.717) is 17.1 Å². The van der Waals surface area contributed by atoms with E-state index >= 15 is 0 Å². The van der Waals surface area contributed by atoms with Crippen LogP contribution in [0.15, 0.2) is 36.0 Å². The van der Waals surface area contributed by atoms with Crippen molar-refractivity contribution in [3.05, 3.63) is 45.7 Å². The molecule has 0 aliphatic heterocycles. The van der Waals surface area contributed by atoms with E-state index in [1.165, 1.54) is 16.2 Å². The van der Waals surface area contributed by atoms with Crippen molar-refractivity contribution in [3.63, 3.8) is 0 Å². The number of aromatic nitrogens is 1. The van der Waals surface area contributed by atoms with Crippen LogP contribution in [0.4, 0.5) is 5.69 Å². The lowest BCUT2D eigenvalue weighted by Gasteiger charge is -2.03. The van der Waals surface area contributed by atoms with Gasteiger partial charge in [0, 0.05) is 29.2 Å². The van der Waals surface area contributed by atoms with Crippen molar-refractivity contribution in [1.82, 2.24) is 10.3 Å². The molecule has 3 heterocycles. The third-order valence-corrected chi connectivity index (χ3v) is 5.07. The van der Waals surface area contributed by atoms with Gasteiger partial charge in [-0.25, -0.2) is 0 Å². The highest BCUT2D eigenvalue weighted by molar-refractivity contribution is 7.21. The van der Waals surface area contributed by atoms with Crippen LogP contribution in [0, 0.1) is 0 Å². The van der Waals surface area contributed by atoms with Gasteiger partial charge in [0.1, 0.15) is 4.88 Å². The van der Waals surface area contributed by atoms with Gasteiger partial charge in [0.2, 0.25) is 0 Å². The van der Waals surface area contributed by atoms with Crippen LogP contribution in [0.25, 0.3) is 10.1 Å². The Morgan fingerprint density at radius 1 is 1.40 bits per heavy atom. The molecule has 0 aliphatic rings. The Hall–Kier alpha value is -1.92.